The largest absolute Gasteiger partial charge is 0.457 e. The number of alkyl halides is 1. The summed E-state index contributed by atoms with van der Waals surface area (Å²) in [5.41, 5.74) is 7.75. The van der Waals surface area contributed by atoms with E-state index in [1.165, 1.54) is 6.33 Å². The van der Waals surface area contributed by atoms with Crippen LogP contribution in [0, 0.1) is 0 Å². The Morgan fingerprint density at radius 2 is 1.65 bits per heavy atom. The minimum absolute atomic E-state index is 0.220. The summed E-state index contributed by atoms with van der Waals surface area (Å²) in [6, 6.07) is 16.9. The van der Waals surface area contributed by atoms with Gasteiger partial charge in [0.25, 0.3) is 0 Å². The Kier molecular flexibility index (Phi) is 7.91. The van der Waals surface area contributed by atoms with Crippen molar-refractivity contribution >= 4 is 22.9 Å². The number of anilines is 1. The first-order chi connectivity index (χ1) is 20.7. The van der Waals surface area contributed by atoms with Gasteiger partial charge in [0.05, 0.1) is 11.4 Å². The van der Waals surface area contributed by atoms with Gasteiger partial charge >= 0.3 is 6.09 Å². The second-order valence-electron chi connectivity index (χ2n) is 12.3. The molecule has 2 aliphatic heterocycles. The monoisotopic (exact) mass is 587 g/mol. The van der Waals surface area contributed by atoms with Crippen LogP contribution in [0.15, 0.2) is 60.9 Å². The fourth-order valence-corrected chi connectivity index (χ4v) is 6.00. The molecule has 0 unspecified atom stereocenters. The van der Waals surface area contributed by atoms with Crippen LogP contribution in [0.5, 0.6) is 11.5 Å². The normalized spacial score (nSPS) is 20.3. The van der Waals surface area contributed by atoms with Gasteiger partial charge in [-0.1, -0.05) is 18.2 Å². The van der Waals surface area contributed by atoms with Gasteiger partial charge in [0.1, 0.15) is 41.1 Å². The van der Waals surface area contributed by atoms with Crippen molar-refractivity contribution < 1.29 is 18.7 Å². The quantitative estimate of drug-likeness (QED) is 0.309. The first-order valence-electron chi connectivity index (χ1n) is 14.8. The second kappa shape index (κ2) is 11.8. The number of ether oxygens (including phenoxy) is 2. The number of hydrogen-bond acceptors (Lipinski definition) is 8. The third-order valence-electron chi connectivity index (χ3n) is 8.11. The van der Waals surface area contributed by atoms with E-state index in [1.54, 1.807) is 9.58 Å². The summed E-state index contributed by atoms with van der Waals surface area (Å²) >= 11 is 0. The lowest BCUT2D eigenvalue weighted by Crippen LogP contribution is -2.52. The number of carbonyl (C=O) groups is 1. The van der Waals surface area contributed by atoms with Crippen LogP contribution in [-0.2, 0) is 4.74 Å². The maximum Gasteiger partial charge on any atom is 0.410 e. The van der Waals surface area contributed by atoms with E-state index in [-0.39, 0.29) is 12.1 Å². The van der Waals surface area contributed by atoms with E-state index in [4.69, 9.17) is 20.3 Å². The fourth-order valence-electron chi connectivity index (χ4n) is 6.00. The van der Waals surface area contributed by atoms with Gasteiger partial charge in [-0.15, -0.1) is 0 Å². The third-order valence-corrected chi connectivity index (χ3v) is 8.11. The Morgan fingerprint density at radius 3 is 2.33 bits per heavy atom. The van der Waals surface area contributed by atoms with Crippen molar-refractivity contribution in [3.63, 3.8) is 0 Å². The number of hydrogen-bond donors (Lipinski definition) is 1. The molecule has 0 bridgehead atoms. The molecule has 2 saturated heterocycles. The fraction of sp³-hybridized carbons (Fsp3) is 0.438. The summed E-state index contributed by atoms with van der Waals surface area (Å²) in [7, 11) is 0. The van der Waals surface area contributed by atoms with E-state index < -0.39 is 17.8 Å². The number of aromatic nitrogens is 4. The Hall–Kier alpha value is -4.25. The summed E-state index contributed by atoms with van der Waals surface area (Å²) < 4.78 is 29.1. The number of rotatable bonds is 5. The van der Waals surface area contributed by atoms with Gasteiger partial charge in [-0.3, -0.25) is 4.90 Å². The van der Waals surface area contributed by atoms with Crippen molar-refractivity contribution in [3.8, 4) is 22.8 Å². The molecule has 0 radical (unpaired) electrons. The van der Waals surface area contributed by atoms with Crippen LogP contribution in [0.2, 0.25) is 0 Å². The second-order valence-corrected chi connectivity index (χ2v) is 12.3. The molecule has 2 atom stereocenters. The number of carbonyl (C=O) groups excluding carboxylic acids is 1. The molecule has 2 aromatic heterocycles. The molecular formula is C32H38FN7O3. The van der Waals surface area contributed by atoms with Gasteiger partial charge in [-0.2, -0.15) is 5.10 Å². The number of nitrogens with two attached hydrogens (primary N) is 1. The molecule has 1 amide bonds. The zero-order valence-electron chi connectivity index (χ0n) is 24.8. The van der Waals surface area contributed by atoms with Crippen LogP contribution >= 0.6 is 0 Å². The van der Waals surface area contributed by atoms with Gasteiger partial charge < -0.3 is 20.1 Å². The summed E-state index contributed by atoms with van der Waals surface area (Å²) in [5, 5.41) is 5.50. The van der Waals surface area contributed by atoms with E-state index in [0.29, 0.717) is 54.3 Å². The van der Waals surface area contributed by atoms with Crippen molar-refractivity contribution in [2.45, 2.75) is 63.9 Å². The molecule has 0 aliphatic carbocycles. The minimum atomic E-state index is -1.15. The van der Waals surface area contributed by atoms with Crippen LogP contribution in [-0.4, -0.2) is 79.6 Å². The molecule has 2 aromatic carbocycles. The Morgan fingerprint density at radius 1 is 0.953 bits per heavy atom. The van der Waals surface area contributed by atoms with Crippen molar-refractivity contribution in [1.29, 1.82) is 0 Å². The molecule has 0 spiro atoms. The number of piperidine rings is 2. The molecule has 2 N–H and O–H groups in total. The lowest BCUT2D eigenvalue weighted by atomic mass is 9.97. The van der Waals surface area contributed by atoms with Gasteiger partial charge in [-0.05, 0) is 76.4 Å². The molecule has 43 heavy (non-hydrogen) atoms. The molecule has 0 saturated carbocycles. The average molecular weight is 588 g/mol. The van der Waals surface area contributed by atoms with Crippen molar-refractivity contribution in [2.75, 3.05) is 31.9 Å². The lowest BCUT2D eigenvalue weighted by Gasteiger charge is -2.43. The number of fused-ring (bicyclic) bond motifs is 1. The molecule has 4 heterocycles. The zero-order valence-corrected chi connectivity index (χ0v) is 24.8. The Bertz CT molecular complexity index is 1560. The van der Waals surface area contributed by atoms with Crippen LogP contribution in [0.4, 0.5) is 15.0 Å². The number of nitrogens with zero attached hydrogens (tertiary/aromatic N) is 6. The average Bonchev–Trinajstić information content (AvgIpc) is 3.38. The number of amides is 1. The highest BCUT2D eigenvalue weighted by atomic mass is 19.1. The minimum Gasteiger partial charge on any atom is -0.457 e. The van der Waals surface area contributed by atoms with Crippen LogP contribution in [0.1, 0.15) is 46.1 Å². The van der Waals surface area contributed by atoms with Crippen LogP contribution in [0.3, 0.4) is 0 Å². The molecular weight excluding hydrogens is 549 g/mol. The van der Waals surface area contributed by atoms with Crippen molar-refractivity contribution in [2.24, 2.45) is 0 Å². The van der Waals surface area contributed by atoms with E-state index in [1.807, 2.05) is 75.4 Å². The molecule has 226 valence electrons. The highest BCUT2D eigenvalue weighted by molar-refractivity contribution is 5.98. The molecule has 4 aromatic rings. The van der Waals surface area contributed by atoms with E-state index in [9.17, 15) is 4.79 Å². The first-order valence-corrected chi connectivity index (χ1v) is 14.8. The molecule has 2 fully saturated rings. The topological polar surface area (TPSA) is 112 Å². The third kappa shape index (κ3) is 6.27. The lowest BCUT2D eigenvalue weighted by molar-refractivity contribution is 0.00441. The van der Waals surface area contributed by atoms with E-state index >= 15 is 4.39 Å². The standard InChI is InChI=1S/C32H38FN7O3/c1-32(2,3)43-31(41)38-16-13-22(14-17-38)39-18-15-26(25(33)19-39)40-30-27(29(34)35-20-36-30)28(37-40)21-9-11-24(12-10-21)42-23-7-5-4-6-8-23/h4-12,20,22,25-26H,13-19H2,1-3H3,(H2,34,35,36)/t25-,26-/m1/s1. The summed E-state index contributed by atoms with van der Waals surface area (Å²) in [6.07, 6.45) is 2.13. The first kappa shape index (κ1) is 28.9. The van der Waals surface area contributed by atoms with Gasteiger partial charge in [-0.25, -0.2) is 23.8 Å². The maximum absolute atomic E-state index is 16.0. The summed E-state index contributed by atoms with van der Waals surface area (Å²) in [4.78, 5) is 25.1. The summed E-state index contributed by atoms with van der Waals surface area (Å²) in [6.45, 7) is 7.84. The van der Waals surface area contributed by atoms with Gasteiger partial charge in [0, 0.05) is 37.8 Å². The number of para-hydroxylation sites is 1. The maximum atomic E-state index is 16.0. The van der Waals surface area contributed by atoms with Gasteiger partial charge in [0.15, 0.2) is 5.65 Å². The predicted octanol–water partition coefficient (Wildman–Crippen LogP) is 5.85. The predicted molar refractivity (Wildman–Crippen MR) is 163 cm³/mol. The zero-order chi connectivity index (χ0) is 30.1. The van der Waals surface area contributed by atoms with Gasteiger partial charge in [0.2, 0.25) is 0 Å². The van der Waals surface area contributed by atoms with Crippen molar-refractivity contribution in [3.05, 3.63) is 60.9 Å². The highest BCUT2D eigenvalue weighted by Crippen LogP contribution is 2.36. The van der Waals surface area contributed by atoms with Crippen LogP contribution < -0.4 is 10.5 Å². The van der Waals surface area contributed by atoms with E-state index in [0.717, 1.165) is 30.7 Å². The van der Waals surface area contributed by atoms with Crippen LogP contribution in [0.25, 0.3) is 22.3 Å². The summed E-state index contributed by atoms with van der Waals surface area (Å²) in [5.74, 6) is 1.74. The number of likely N-dealkylation sites (tertiary alicyclic amines) is 2. The number of benzene rings is 2. The molecule has 2 aliphatic rings. The Balaban J connectivity index is 1.16. The highest BCUT2D eigenvalue weighted by Gasteiger charge is 2.37. The molecule has 6 rings (SSSR count). The van der Waals surface area contributed by atoms with Crippen molar-refractivity contribution in [1.82, 2.24) is 29.5 Å². The SMILES string of the molecule is CC(C)(C)OC(=O)N1CCC(N2CC[C@@H](n3nc(-c4ccc(Oc5ccccc5)cc4)c4c(N)ncnc43)[C@H](F)C2)CC1. The number of nitrogen functional groups attached to an aromatic ring is 1. The number of halogens is 1. The smallest absolute Gasteiger partial charge is 0.410 e. The Labute approximate surface area is 250 Å². The molecule has 10 nitrogen and oxygen atoms in total. The van der Waals surface area contributed by atoms with E-state index in [2.05, 4.69) is 14.9 Å². The molecule has 11 heteroatoms.